The van der Waals surface area contributed by atoms with Gasteiger partial charge in [0.2, 0.25) is 0 Å². The third-order valence-electron chi connectivity index (χ3n) is 3.83. The van der Waals surface area contributed by atoms with E-state index in [0.717, 1.165) is 28.4 Å². The summed E-state index contributed by atoms with van der Waals surface area (Å²) in [4.78, 5) is 17.7. The molecule has 1 fully saturated rings. The lowest BCUT2D eigenvalue weighted by molar-refractivity contribution is -0.137. The van der Waals surface area contributed by atoms with Crippen LogP contribution in [-0.2, 0) is 21.7 Å². The van der Waals surface area contributed by atoms with Gasteiger partial charge < -0.3 is 0 Å². The Balaban J connectivity index is 1.59. The highest BCUT2D eigenvalue weighted by molar-refractivity contribution is 9.10. The number of hydrogen-bond acceptors (Lipinski definition) is 2. The van der Waals surface area contributed by atoms with Crippen LogP contribution in [0.2, 0.25) is 0 Å². The van der Waals surface area contributed by atoms with Gasteiger partial charge in [0.25, 0.3) is 5.91 Å². The van der Waals surface area contributed by atoms with Crippen molar-refractivity contribution in [2.75, 3.05) is 0 Å². The lowest BCUT2D eigenvalue weighted by Crippen LogP contribution is -2.34. The molecular weight excluding hydrogens is 330 g/mol. The molecule has 1 aliphatic carbocycles. The Morgan fingerprint density at radius 3 is 2.38 bits per heavy atom. The van der Waals surface area contributed by atoms with Crippen LogP contribution in [0.3, 0.4) is 0 Å². The molecule has 2 aromatic rings. The summed E-state index contributed by atoms with van der Waals surface area (Å²) in [6.07, 6.45) is 1.74. The highest BCUT2D eigenvalue weighted by Gasteiger charge is 2.51. The molecule has 0 aliphatic heterocycles. The predicted molar refractivity (Wildman–Crippen MR) is 84.4 cm³/mol. The molecule has 0 atom stereocenters. The maximum Gasteiger partial charge on any atom is 0.254 e. The maximum absolute atomic E-state index is 12.4. The average molecular weight is 346 g/mol. The molecule has 0 aromatic heterocycles. The minimum atomic E-state index is -0.405. The van der Waals surface area contributed by atoms with Gasteiger partial charge in [-0.25, -0.2) is 5.48 Å². The SMILES string of the molecule is O=C(NOCc1ccccc1)C1(c2ccc(Br)cc2)CC1. The molecule has 4 heteroatoms. The van der Waals surface area contributed by atoms with Crippen molar-refractivity contribution in [3.05, 3.63) is 70.2 Å². The van der Waals surface area contributed by atoms with Crippen molar-refractivity contribution in [2.45, 2.75) is 24.9 Å². The number of hydrogen-bond donors (Lipinski definition) is 1. The van der Waals surface area contributed by atoms with Crippen molar-refractivity contribution in [3.8, 4) is 0 Å². The van der Waals surface area contributed by atoms with Gasteiger partial charge in [-0.1, -0.05) is 58.4 Å². The minimum Gasteiger partial charge on any atom is -0.272 e. The fourth-order valence-electron chi connectivity index (χ4n) is 2.40. The van der Waals surface area contributed by atoms with Crippen molar-refractivity contribution in [2.24, 2.45) is 0 Å². The van der Waals surface area contributed by atoms with Gasteiger partial charge in [-0.05, 0) is 36.1 Å². The van der Waals surface area contributed by atoms with Gasteiger partial charge in [0, 0.05) is 4.47 Å². The standard InChI is InChI=1S/C17H16BrNO2/c18-15-8-6-14(7-9-15)17(10-11-17)16(20)19-21-12-13-4-2-1-3-5-13/h1-9H,10-12H2,(H,19,20). The van der Waals surface area contributed by atoms with Crippen LogP contribution >= 0.6 is 15.9 Å². The molecule has 1 saturated carbocycles. The van der Waals surface area contributed by atoms with E-state index in [0.29, 0.717) is 6.61 Å². The minimum absolute atomic E-state index is 0.0549. The summed E-state index contributed by atoms with van der Waals surface area (Å²) in [7, 11) is 0. The van der Waals surface area contributed by atoms with Gasteiger partial charge >= 0.3 is 0 Å². The first-order valence-electron chi connectivity index (χ1n) is 6.93. The fraction of sp³-hybridized carbons (Fsp3) is 0.235. The Bertz CT molecular complexity index is 621. The lowest BCUT2D eigenvalue weighted by atomic mass is 9.95. The first kappa shape index (κ1) is 14.3. The molecule has 2 aromatic carbocycles. The number of hydroxylamine groups is 1. The Kier molecular flexibility index (Phi) is 4.08. The van der Waals surface area contributed by atoms with Crippen molar-refractivity contribution < 1.29 is 9.63 Å². The zero-order valence-electron chi connectivity index (χ0n) is 11.5. The van der Waals surface area contributed by atoms with Gasteiger partial charge in [0.15, 0.2) is 0 Å². The van der Waals surface area contributed by atoms with Gasteiger partial charge in [0.05, 0.1) is 12.0 Å². The summed E-state index contributed by atoms with van der Waals surface area (Å²) >= 11 is 3.41. The second kappa shape index (κ2) is 6.00. The van der Waals surface area contributed by atoms with Gasteiger partial charge in [-0.3, -0.25) is 9.63 Å². The van der Waals surface area contributed by atoms with Gasteiger partial charge in [0.1, 0.15) is 0 Å². The number of amides is 1. The molecule has 0 spiro atoms. The summed E-state index contributed by atoms with van der Waals surface area (Å²) < 4.78 is 1.02. The number of carbonyl (C=O) groups excluding carboxylic acids is 1. The quantitative estimate of drug-likeness (QED) is 0.838. The van der Waals surface area contributed by atoms with E-state index in [1.165, 1.54) is 0 Å². The van der Waals surface area contributed by atoms with E-state index in [1.54, 1.807) is 0 Å². The van der Waals surface area contributed by atoms with E-state index >= 15 is 0 Å². The summed E-state index contributed by atoms with van der Waals surface area (Å²) in [5.74, 6) is -0.0549. The van der Waals surface area contributed by atoms with Crippen molar-refractivity contribution in [1.29, 1.82) is 0 Å². The smallest absolute Gasteiger partial charge is 0.254 e. The van der Waals surface area contributed by atoms with Crippen molar-refractivity contribution in [3.63, 3.8) is 0 Å². The van der Waals surface area contributed by atoms with Crippen LogP contribution in [0.25, 0.3) is 0 Å². The monoisotopic (exact) mass is 345 g/mol. The number of carbonyl (C=O) groups is 1. The van der Waals surface area contributed by atoms with Gasteiger partial charge in [-0.2, -0.15) is 0 Å². The largest absolute Gasteiger partial charge is 0.272 e. The molecule has 1 amide bonds. The van der Waals surface area contributed by atoms with E-state index in [9.17, 15) is 4.79 Å². The molecule has 21 heavy (non-hydrogen) atoms. The number of rotatable bonds is 5. The van der Waals surface area contributed by atoms with E-state index in [1.807, 2.05) is 54.6 Å². The normalized spacial score (nSPS) is 15.5. The third kappa shape index (κ3) is 3.17. The van der Waals surface area contributed by atoms with Crippen LogP contribution in [0.5, 0.6) is 0 Å². The second-order valence-electron chi connectivity index (χ2n) is 5.29. The molecule has 3 nitrogen and oxygen atoms in total. The molecule has 0 heterocycles. The van der Waals surface area contributed by atoms with Crippen LogP contribution in [0.1, 0.15) is 24.0 Å². The van der Waals surface area contributed by atoms with Crippen LogP contribution in [-0.4, -0.2) is 5.91 Å². The third-order valence-corrected chi connectivity index (χ3v) is 4.36. The molecule has 1 N–H and O–H groups in total. The maximum atomic E-state index is 12.4. The second-order valence-corrected chi connectivity index (χ2v) is 6.21. The van der Waals surface area contributed by atoms with Crippen LogP contribution < -0.4 is 5.48 Å². The Labute approximate surface area is 132 Å². The molecule has 0 bridgehead atoms. The van der Waals surface area contributed by atoms with Crippen LogP contribution in [0.4, 0.5) is 0 Å². The highest BCUT2D eigenvalue weighted by atomic mass is 79.9. The fourth-order valence-corrected chi connectivity index (χ4v) is 2.66. The molecule has 1 aliphatic rings. The van der Waals surface area contributed by atoms with Crippen LogP contribution in [0.15, 0.2) is 59.1 Å². The Morgan fingerprint density at radius 1 is 1.10 bits per heavy atom. The van der Waals surface area contributed by atoms with Crippen molar-refractivity contribution in [1.82, 2.24) is 5.48 Å². The van der Waals surface area contributed by atoms with Gasteiger partial charge in [-0.15, -0.1) is 0 Å². The summed E-state index contributed by atoms with van der Waals surface area (Å²) in [5.41, 5.74) is 4.27. The molecule has 3 rings (SSSR count). The molecule has 0 radical (unpaired) electrons. The van der Waals surface area contributed by atoms with Crippen LogP contribution in [0, 0.1) is 0 Å². The lowest BCUT2D eigenvalue weighted by Gasteiger charge is -2.15. The first-order valence-corrected chi connectivity index (χ1v) is 7.72. The number of benzene rings is 2. The highest BCUT2D eigenvalue weighted by Crippen LogP contribution is 2.48. The topological polar surface area (TPSA) is 38.3 Å². The summed E-state index contributed by atoms with van der Waals surface area (Å²) in [6, 6.07) is 17.7. The Hall–Kier alpha value is -1.65. The summed E-state index contributed by atoms with van der Waals surface area (Å²) in [5, 5.41) is 0. The first-order chi connectivity index (χ1) is 10.2. The predicted octanol–water partition coefficient (Wildman–Crippen LogP) is 3.73. The number of halogens is 1. The number of nitrogens with one attached hydrogen (secondary N) is 1. The molecule has 108 valence electrons. The Morgan fingerprint density at radius 2 is 1.76 bits per heavy atom. The van der Waals surface area contributed by atoms with Crippen molar-refractivity contribution >= 4 is 21.8 Å². The molecule has 0 unspecified atom stereocenters. The zero-order valence-corrected chi connectivity index (χ0v) is 13.1. The average Bonchev–Trinajstić information content (AvgIpc) is 3.31. The molecular formula is C17H16BrNO2. The van der Waals surface area contributed by atoms with E-state index in [4.69, 9.17) is 4.84 Å². The van der Waals surface area contributed by atoms with E-state index < -0.39 is 5.41 Å². The van der Waals surface area contributed by atoms with E-state index in [2.05, 4.69) is 21.4 Å². The zero-order chi connectivity index (χ0) is 14.7. The summed E-state index contributed by atoms with van der Waals surface area (Å²) in [6.45, 7) is 0.378. The van der Waals surface area contributed by atoms with E-state index in [-0.39, 0.29) is 5.91 Å². The molecule has 0 saturated heterocycles.